The summed E-state index contributed by atoms with van der Waals surface area (Å²) in [6, 6.07) is 5.69. The van der Waals surface area contributed by atoms with Crippen molar-refractivity contribution < 1.29 is 19.1 Å². The third kappa shape index (κ3) is 5.10. The van der Waals surface area contributed by atoms with Gasteiger partial charge in [-0.05, 0) is 30.2 Å². The highest BCUT2D eigenvalue weighted by molar-refractivity contribution is 6.30. The molecule has 1 rings (SSSR count). The topological polar surface area (TPSA) is 55.8 Å². The van der Waals surface area contributed by atoms with E-state index in [1.807, 2.05) is 0 Å². The lowest BCUT2D eigenvalue weighted by molar-refractivity contribution is -0.151. The minimum atomic E-state index is -0.863. The normalized spacial score (nSPS) is 11.9. The minimum absolute atomic E-state index is 0.186. The van der Waals surface area contributed by atoms with Crippen LogP contribution in [0.3, 0.4) is 0 Å². The molecule has 7 heteroatoms. The van der Waals surface area contributed by atoms with Gasteiger partial charge in [0, 0.05) is 16.8 Å². The smallest absolute Gasteiger partial charge is 0.330 e. The van der Waals surface area contributed by atoms with E-state index in [4.69, 9.17) is 28.1 Å². The maximum absolute atomic E-state index is 12.0. The molecule has 0 bridgehead atoms. The molecule has 0 heterocycles. The molecule has 0 unspecified atom stereocenters. The Morgan fingerprint density at radius 1 is 1.24 bits per heavy atom. The molecule has 1 aromatic carbocycles. The molecule has 0 N–H and O–H groups in total. The molecule has 0 aliphatic heterocycles. The molecular weight excluding hydrogens is 317 g/mol. The maximum atomic E-state index is 12.0. The van der Waals surface area contributed by atoms with Crippen molar-refractivity contribution in [2.75, 3.05) is 13.7 Å². The fraction of sp³-hybridized carbons (Fsp3) is 0.429. The zero-order chi connectivity index (χ0) is 16.0. The lowest BCUT2D eigenvalue weighted by Crippen LogP contribution is -2.44. The highest BCUT2D eigenvalue weighted by atomic mass is 35.5. The summed E-state index contributed by atoms with van der Waals surface area (Å²) in [6.45, 7) is 3.25. The lowest BCUT2D eigenvalue weighted by Gasteiger charge is -2.26. The summed E-state index contributed by atoms with van der Waals surface area (Å²) in [7, 11) is 1.25. The first-order valence-electron chi connectivity index (χ1n) is 6.30. The van der Waals surface area contributed by atoms with E-state index in [1.54, 1.807) is 38.1 Å². The summed E-state index contributed by atoms with van der Waals surface area (Å²) < 4.78 is 10.8. The molecule has 0 spiro atoms. The van der Waals surface area contributed by atoms with Gasteiger partial charge in [0.1, 0.15) is 11.8 Å². The Bertz CT molecular complexity index is 490. The number of carbonyl (C=O) groups is 2. The largest absolute Gasteiger partial charge is 0.484 e. The Morgan fingerprint density at radius 2 is 1.81 bits per heavy atom. The molecular formula is C14H17Cl2NO4. The summed E-state index contributed by atoms with van der Waals surface area (Å²) in [5.74, 6) is -0.804. The highest BCUT2D eigenvalue weighted by Crippen LogP contribution is 2.18. The van der Waals surface area contributed by atoms with Crippen LogP contribution in [0.2, 0.25) is 5.02 Å². The van der Waals surface area contributed by atoms with Gasteiger partial charge in [-0.15, -0.1) is 0 Å². The van der Waals surface area contributed by atoms with E-state index in [2.05, 4.69) is 4.74 Å². The molecule has 21 heavy (non-hydrogen) atoms. The number of rotatable bonds is 6. The van der Waals surface area contributed by atoms with Gasteiger partial charge in [-0.2, -0.15) is 0 Å². The summed E-state index contributed by atoms with van der Waals surface area (Å²) in [4.78, 5) is 23.6. The van der Waals surface area contributed by atoms with Gasteiger partial charge in [0.2, 0.25) is 0 Å². The van der Waals surface area contributed by atoms with Gasteiger partial charge < -0.3 is 9.47 Å². The van der Waals surface area contributed by atoms with E-state index in [9.17, 15) is 9.59 Å². The number of methoxy groups -OCH3 is 1. The van der Waals surface area contributed by atoms with Crippen LogP contribution in [0.5, 0.6) is 5.75 Å². The van der Waals surface area contributed by atoms with Crippen LogP contribution in [0.1, 0.15) is 13.8 Å². The standard InChI is InChI=1S/C14H17Cl2NO4/c1-9(2)13(14(19)20-3)17(16)12(18)8-21-11-6-4-10(15)5-7-11/h4-7,9,13H,8H2,1-3H3/t13-/m0/s1. The number of hydrogen-bond donors (Lipinski definition) is 0. The minimum Gasteiger partial charge on any atom is -0.484 e. The second-order valence-electron chi connectivity index (χ2n) is 4.66. The molecule has 0 saturated carbocycles. The van der Waals surface area contributed by atoms with Crippen molar-refractivity contribution in [1.82, 2.24) is 4.42 Å². The van der Waals surface area contributed by atoms with Crippen LogP contribution >= 0.6 is 23.4 Å². The van der Waals surface area contributed by atoms with Gasteiger partial charge in [-0.25, -0.2) is 9.21 Å². The second-order valence-corrected chi connectivity index (χ2v) is 5.46. The van der Waals surface area contributed by atoms with Gasteiger partial charge in [0.25, 0.3) is 5.91 Å². The number of nitrogens with zero attached hydrogens (tertiary/aromatic N) is 1. The van der Waals surface area contributed by atoms with Crippen LogP contribution in [0.15, 0.2) is 24.3 Å². The molecule has 0 radical (unpaired) electrons. The van der Waals surface area contributed by atoms with Gasteiger partial charge in [-0.1, -0.05) is 25.4 Å². The number of hydrogen-bond acceptors (Lipinski definition) is 4. The number of benzene rings is 1. The molecule has 0 aliphatic carbocycles. The van der Waals surface area contributed by atoms with Crippen LogP contribution in [-0.2, 0) is 14.3 Å². The first kappa shape index (κ1) is 17.6. The predicted octanol–water partition coefficient (Wildman–Crippen LogP) is 2.90. The van der Waals surface area contributed by atoms with Crippen molar-refractivity contribution >= 4 is 35.3 Å². The van der Waals surface area contributed by atoms with Crippen molar-refractivity contribution in [3.05, 3.63) is 29.3 Å². The van der Waals surface area contributed by atoms with Gasteiger partial charge in [0.15, 0.2) is 6.61 Å². The molecule has 116 valence electrons. The Kier molecular flexibility index (Phi) is 6.78. The zero-order valence-corrected chi connectivity index (χ0v) is 13.5. The predicted molar refractivity (Wildman–Crippen MR) is 80.3 cm³/mol. The van der Waals surface area contributed by atoms with Crippen LogP contribution in [0.25, 0.3) is 0 Å². The van der Waals surface area contributed by atoms with E-state index in [-0.39, 0.29) is 12.5 Å². The Hall–Kier alpha value is -1.46. The van der Waals surface area contributed by atoms with Crippen LogP contribution < -0.4 is 4.74 Å². The van der Waals surface area contributed by atoms with E-state index in [0.717, 1.165) is 4.42 Å². The summed E-state index contributed by atoms with van der Waals surface area (Å²) in [5, 5.41) is 0.568. The molecule has 1 amide bonds. The fourth-order valence-electron chi connectivity index (χ4n) is 1.64. The van der Waals surface area contributed by atoms with Gasteiger partial charge in [0.05, 0.1) is 7.11 Å². The molecule has 0 saturated heterocycles. The van der Waals surface area contributed by atoms with E-state index < -0.39 is 17.9 Å². The average Bonchev–Trinajstić information content (AvgIpc) is 2.45. The number of halogens is 2. The third-order valence-corrected chi connectivity index (χ3v) is 3.38. The maximum Gasteiger partial charge on any atom is 0.330 e. The highest BCUT2D eigenvalue weighted by Gasteiger charge is 2.32. The molecule has 0 aromatic heterocycles. The van der Waals surface area contributed by atoms with Crippen molar-refractivity contribution in [2.45, 2.75) is 19.9 Å². The summed E-state index contributed by atoms with van der Waals surface area (Å²) >= 11 is 11.7. The van der Waals surface area contributed by atoms with E-state index in [1.165, 1.54) is 7.11 Å². The van der Waals surface area contributed by atoms with Crippen molar-refractivity contribution in [1.29, 1.82) is 0 Å². The molecule has 1 aromatic rings. The second kappa shape index (κ2) is 8.10. The molecule has 1 atom stereocenters. The Morgan fingerprint density at radius 3 is 2.29 bits per heavy atom. The number of ether oxygens (including phenoxy) is 2. The molecule has 0 fully saturated rings. The number of amides is 1. The monoisotopic (exact) mass is 333 g/mol. The average molecular weight is 334 g/mol. The SMILES string of the molecule is COC(=O)[C@H](C(C)C)N(Cl)C(=O)COc1ccc(Cl)cc1. The van der Waals surface area contributed by atoms with Crippen molar-refractivity contribution in [3.8, 4) is 5.75 Å². The quantitative estimate of drug-likeness (QED) is 0.593. The van der Waals surface area contributed by atoms with Crippen molar-refractivity contribution in [3.63, 3.8) is 0 Å². The summed E-state index contributed by atoms with van der Waals surface area (Å²) in [6.07, 6.45) is 0. The van der Waals surface area contributed by atoms with Crippen LogP contribution in [0.4, 0.5) is 0 Å². The number of carbonyl (C=O) groups excluding carboxylic acids is 2. The third-order valence-electron chi connectivity index (χ3n) is 2.73. The molecule has 0 aliphatic rings. The van der Waals surface area contributed by atoms with E-state index >= 15 is 0 Å². The molecule has 5 nitrogen and oxygen atoms in total. The zero-order valence-electron chi connectivity index (χ0n) is 12.0. The van der Waals surface area contributed by atoms with Gasteiger partial charge >= 0.3 is 5.97 Å². The number of esters is 1. The first-order chi connectivity index (χ1) is 9.86. The lowest BCUT2D eigenvalue weighted by atomic mass is 10.0. The Balaban J connectivity index is 2.64. The van der Waals surface area contributed by atoms with E-state index in [0.29, 0.717) is 10.8 Å². The van der Waals surface area contributed by atoms with Gasteiger partial charge in [-0.3, -0.25) is 4.79 Å². The Labute approximate surface area is 133 Å². The van der Waals surface area contributed by atoms with Crippen molar-refractivity contribution in [2.24, 2.45) is 5.92 Å². The first-order valence-corrected chi connectivity index (χ1v) is 7.02. The summed E-state index contributed by atoms with van der Waals surface area (Å²) in [5.41, 5.74) is 0. The van der Waals surface area contributed by atoms with Crippen LogP contribution in [0, 0.1) is 5.92 Å². The van der Waals surface area contributed by atoms with Crippen LogP contribution in [-0.4, -0.2) is 36.1 Å². The fourth-order valence-corrected chi connectivity index (χ4v) is 2.12.